The van der Waals surface area contributed by atoms with Crippen molar-refractivity contribution in [2.45, 2.75) is 85.7 Å². The zero-order valence-corrected chi connectivity index (χ0v) is 18.9. The molecule has 0 aromatic carbocycles. The first-order valence-corrected chi connectivity index (χ1v) is 11.5. The number of unbranched alkanes of at least 4 members (excludes halogenated alkanes) is 2. The van der Waals surface area contributed by atoms with E-state index in [1.54, 1.807) is 0 Å². The van der Waals surface area contributed by atoms with E-state index in [-0.39, 0.29) is 23.9 Å². The fourth-order valence-electron chi connectivity index (χ4n) is 2.65. The van der Waals surface area contributed by atoms with E-state index < -0.39 is 26.5 Å². The normalized spacial score (nSPS) is 14.4. The SMILES string of the molecule is CCCCCC(C)(C)/C=C\CC(C)(C)CCC(=O)OC[C@@H](O)COP(=O)(O)O. The van der Waals surface area contributed by atoms with E-state index in [4.69, 9.17) is 14.5 Å². The van der Waals surface area contributed by atoms with Crippen LogP contribution in [0, 0.1) is 10.8 Å². The van der Waals surface area contributed by atoms with Crippen molar-refractivity contribution in [1.29, 1.82) is 0 Å². The lowest BCUT2D eigenvalue weighted by molar-refractivity contribution is -0.147. The minimum absolute atomic E-state index is 0.0584. The van der Waals surface area contributed by atoms with Gasteiger partial charge in [0.2, 0.25) is 0 Å². The van der Waals surface area contributed by atoms with Crippen molar-refractivity contribution in [1.82, 2.24) is 0 Å². The number of phosphoric acid groups is 1. The van der Waals surface area contributed by atoms with Gasteiger partial charge in [0.05, 0.1) is 6.61 Å². The molecule has 0 saturated heterocycles. The lowest BCUT2D eigenvalue weighted by Crippen LogP contribution is -2.24. The Balaban J connectivity index is 4.18. The van der Waals surface area contributed by atoms with Crippen LogP contribution in [0.5, 0.6) is 0 Å². The highest BCUT2D eigenvalue weighted by atomic mass is 31.2. The third-order valence-electron chi connectivity index (χ3n) is 4.54. The number of carbonyl (C=O) groups excluding carboxylic acids is 1. The molecular weight excluding hydrogens is 383 g/mol. The molecular formula is C20H39O7P. The Morgan fingerprint density at radius 3 is 2.32 bits per heavy atom. The van der Waals surface area contributed by atoms with Crippen molar-refractivity contribution in [3.05, 3.63) is 12.2 Å². The van der Waals surface area contributed by atoms with Gasteiger partial charge in [-0.3, -0.25) is 9.32 Å². The molecule has 0 unspecified atom stereocenters. The number of rotatable bonds is 15. The zero-order valence-electron chi connectivity index (χ0n) is 18.0. The highest BCUT2D eigenvalue weighted by Gasteiger charge is 2.21. The van der Waals surface area contributed by atoms with Gasteiger partial charge in [0, 0.05) is 6.42 Å². The van der Waals surface area contributed by atoms with Gasteiger partial charge in [-0.1, -0.05) is 66.0 Å². The smallest absolute Gasteiger partial charge is 0.463 e. The third kappa shape index (κ3) is 16.3. The van der Waals surface area contributed by atoms with Crippen molar-refractivity contribution in [2.75, 3.05) is 13.2 Å². The number of carbonyl (C=O) groups is 1. The molecule has 166 valence electrons. The molecule has 8 heteroatoms. The van der Waals surface area contributed by atoms with Crippen LogP contribution in [0.15, 0.2) is 12.2 Å². The Bertz CT molecular complexity index is 523. The van der Waals surface area contributed by atoms with Gasteiger partial charge < -0.3 is 19.6 Å². The van der Waals surface area contributed by atoms with Crippen molar-refractivity contribution in [3.8, 4) is 0 Å². The molecule has 0 fully saturated rings. The number of aliphatic hydroxyl groups excluding tert-OH is 1. The molecule has 0 heterocycles. The Morgan fingerprint density at radius 2 is 1.75 bits per heavy atom. The van der Waals surface area contributed by atoms with Crippen molar-refractivity contribution < 1.29 is 33.5 Å². The molecule has 0 bridgehead atoms. The zero-order chi connectivity index (χ0) is 21.8. The Labute approximate surface area is 169 Å². The number of hydrogen-bond acceptors (Lipinski definition) is 5. The number of aliphatic hydroxyl groups is 1. The maximum absolute atomic E-state index is 11.8. The summed E-state index contributed by atoms with van der Waals surface area (Å²) in [5, 5.41) is 9.50. The standard InChI is InChI=1S/C20H39O7P/c1-6-7-8-11-19(2,3)12-9-13-20(4,5)14-10-18(22)26-15-17(21)16-27-28(23,24)25/h9,12,17,21H,6-8,10-11,13-16H2,1-5H3,(H2,23,24,25)/b12-9-/t17-/m1/s1. The molecule has 7 nitrogen and oxygen atoms in total. The van der Waals surface area contributed by atoms with Crippen LogP contribution < -0.4 is 0 Å². The van der Waals surface area contributed by atoms with Crippen LogP contribution in [-0.2, 0) is 18.6 Å². The fourth-order valence-corrected chi connectivity index (χ4v) is 3.01. The number of esters is 1. The minimum Gasteiger partial charge on any atom is -0.463 e. The van der Waals surface area contributed by atoms with E-state index in [1.807, 2.05) is 0 Å². The summed E-state index contributed by atoms with van der Waals surface area (Å²) in [6.45, 7) is 9.92. The molecule has 0 aromatic rings. The van der Waals surface area contributed by atoms with Gasteiger partial charge in [-0.05, 0) is 30.1 Å². The summed E-state index contributed by atoms with van der Waals surface area (Å²) in [4.78, 5) is 28.9. The lowest BCUT2D eigenvalue weighted by atomic mass is 9.81. The van der Waals surface area contributed by atoms with Gasteiger partial charge in [0.1, 0.15) is 12.7 Å². The van der Waals surface area contributed by atoms with Gasteiger partial charge in [0.25, 0.3) is 0 Å². The highest BCUT2D eigenvalue weighted by Crippen LogP contribution is 2.35. The molecule has 0 aliphatic heterocycles. The Morgan fingerprint density at radius 1 is 1.11 bits per heavy atom. The van der Waals surface area contributed by atoms with E-state index in [9.17, 15) is 14.5 Å². The van der Waals surface area contributed by atoms with E-state index in [0.717, 1.165) is 12.8 Å². The van der Waals surface area contributed by atoms with Crippen LogP contribution in [-0.4, -0.2) is 40.2 Å². The van der Waals surface area contributed by atoms with Gasteiger partial charge in [0.15, 0.2) is 0 Å². The summed E-state index contributed by atoms with van der Waals surface area (Å²) in [5.74, 6) is -0.452. The van der Waals surface area contributed by atoms with Crippen LogP contribution >= 0.6 is 7.82 Å². The molecule has 0 rings (SSSR count). The number of phosphoric ester groups is 1. The second-order valence-corrected chi connectivity index (χ2v) is 10.1. The summed E-state index contributed by atoms with van der Waals surface area (Å²) in [5.41, 5.74) is 0.118. The maximum atomic E-state index is 11.8. The quantitative estimate of drug-likeness (QED) is 0.155. The first-order chi connectivity index (χ1) is 12.8. The van der Waals surface area contributed by atoms with Crippen molar-refractivity contribution >= 4 is 13.8 Å². The molecule has 3 N–H and O–H groups in total. The van der Waals surface area contributed by atoms with Gasteiger partial charge in [-0.2, -0.15) is 0 Å². The second kappa shape index (κ2) is 12.8. The van der Waals surface area contributed by atoms with Crippen LogP contribution in [0.3, 0.4) is 0 Å². The topological polar surface area (TPSA) is 113 Å². The summed E-state index contributed by atoms with van der Waals surface area (Å²) in [6, 6.07) is 0. The third-order valence-corrected chi connectivity index (χ3v) is 5.03. The predicted molar refractivity (Wildman–Crippen MR) is 110 cm³/mol. The average molecular weight is 422 g/mol. The average Bonchev–Trinajstić information content (AvgIpc) is 2.55. The monoisotopic (exact) mass is 422 g/mol. The largest absolute Gasteiger partial charge is 0.469 e. The van der Waals surface area contributed by atoms with Gasteiger partial charge in [-0.25, -0.2) is 4.57 Å². The first-order valence-electron chi connectivity index (χ1n) is 9.98. The van der Waals surface area contributed by atoms with Crippen LogP contribution in [0.1, 0.15) is 79.6 Å². The molecule has 0 aromatic heterocycles. The van der Waals surface area contributed by atoms with E-state index in [0.29, 0.717) is 6.42 Å². The van der Waals surface area contributed by atoms with Crippen molar-refractivity contribution in [2.24, 2.45) is 10.8 Å². The Kier molecular flexibility index (Phi) is 12.4. The maximum Gasteiger partial charge on any atom is 0.469 e. The molecule has 0 spiro atoms. The van der Waals surface area contributed by atoms with Crippen LogP contribution in [0.4, 0.5) is 0 Å². The lowest BCUT2D eigenvalue weighted by Gasteiger charge is -2.24. The number of ether oxygens (including phenoxy) is 1. The molecule has 0 amide bonds. The first kappa shape index (κ1) is 27.3. The van der Waals surface area contributed by atoms with Crippen LogP contribution in [0.25, 0.3) is 0 Å². The van der Waals surface area contributed by atoms with Crippen LogP contribution in [0.2, 0.25) is 0 Å². The predicted octanol–water partition coefficient (Wildman–Crippen LogP) is 4.36. The summed E-state index contributed by atoms with van der Waals surface area (Å²) >= 11 is 0. The fraction of sp³-hybridized carbons (Fsp3) is 0.850. The molecule has 28 heavy (non-hydrogen) atoms. The van der Waals surface area contributed by atoms with Crippen molar-refractivity contribution in [3.63, 3.8) is 0 Å². The molecule has 0 aliphatic rings. The molecule has 1 atom stereocenters. The number of hydrogen-bond donors (Lipinski definition) is 3. The second-order valence-electron chi connectivity index (χ2n) is 8.84. The Hall–Kier alpha value is -0.720. The molecule has 0 radical (unpaired) electrons. The van der Waals surface area contributed by atoms with Gasteiger partial charge in [-0.15, -0.1) is 0 Å². The highest BCUT2D eigenvalue weighted by molar-refractivity contribution is 7.46. The summed E-state index contributed by atoms with van der Waals surface area (Å²) < 4.78 is 19.6. The van der Waals surface area contributed by atoms with E-state index >= 15 is 0 Å². The van der Waals surface area contributed by atoms with E-state index in [2.05, 4.69) is 51.3 Å². The molecule has 0 saturated carbocycles. The van der Waals surface area contributed by atoms with Gasteiger partial charge >= 0.3 is 13.8 Å². The minimum atomic E-state index is -4.64. The summed E-state index contributed by atoms with van der Waals surface area (Å²) in [7, 11) is -4.64. The summed E-state index contributed by atoms with van der Waals surface area (Å²) in [6.07, 6.45) is 9.77. The number of allylic oxidation sites excluding steroid dienone is 2. The molecule has 0 aliphatic carbocycles. The van der Waals surface area contributed by atoms with E-state index in [1.165, 1.54) is 19.3 Å².